The van der Waals surface area contributed by atoms with Gasteiger partial charge in [-0.15, -0.1) is 0 Å². The molecule has 0 atom stereocenters. The molecule has 1 aliphatic carbocycles. The largest absolute Gasteiger partial charge is 0.479 e. The summed E-state index contributed by atoms with van der Waals surface area (Å²) < 4.78 is 0.926. The van der Waals surface area contributed by atoms with Gasteiger partial charge in [0.25, 0.3) is 11.2 Å². The third-order valence-corrected chi connectivity index (χ3v) is 4.58. The second-order valence-electron chi connectivity index (χ2n) is 5.96. The first-order valence-electron chi connectivity index (χ1n) is 7.63. The quantitative estimate of drug-likeness (QED) is 0.631. The molecular weight excluding hydrogens is 318 g/mol. The zero-order chi connectivity index (χ0) is 17.9. The van der Waals surface area contributed by atoms with Crippen molar-refractivity contribution >= 4 is 17.6 Å². The predicted molar refractivity (Wildman–Crippen MR) is 83.6 cm³/mol. The number of aromatic nitrogens is 1. The van der Waals surface area contributed by atoms with E-state index in [-0.39, 0.29) is 5.69 Å². The van der Waals surface area contributed by atoms with Crippen molar-refractivity contribution in [2.75, 3.05) is 7.05 Å². The Bertz CT molecular complexity index is 720. The average molecular weight is 337 g/mol. The molecule has 24 heavy (non-hydrogen) atoms. The molecule has 0 aromatic carbocycles. The molecule has 9 nitrogen and oxygen atoms in total. The highest BCUT2D eigenvalue weighted by molar-refractivity contribution is 5.87. The molecule has 9 heteroatoms. The van der Waals surface area contributed by atoms with Crippen LogP contribution in [0.2, 0.25) is 0 Å². The second kappa shape index (κ2) is 6.81. The molecule has 1 aromatic rings. The van der Waals surface area contributed by atoms with Gasteiger partial charge in [0.2, 0.25) is 5.91 Å². The molecule has 0 saturated heterocycles. The number of rotatable bonds is 5. The van der Waals surface area contributed by atoms with Crippen LogP contribution in [0.1, 0.15) is 32.1 Å². The van der Waals surface area contributed by atoms with E-state index >= 15 is 0 Å². The van der Waals surface area contributed by atoms with Gasteiger partial charge in [-0.3, -0.25) is 24.3 Å². The number of nitrogens with zero attached hydrogens (tertiary/aromatic N) is 3. The predicted octanol–water partition coefficient (Wildman–Crippen LogP) is 1.00. The highest BCUT2D eigenvalue weighted by atomic mass is 16.6. The van der Waals surface area contributed by atoms with Crippen LogP contribution in [0.3, 0.4) is 0 Å². The number of carboxylic acid groups (broad SMARTS) is 1. The van der Waals surface area contributed by atoms with Crippen LogP contribution in [0.4, 0.5) is 5.69 Å². The summed E-state index contributed by atoms with van der Waals surface area (Å²) in [6.45, 7) is -0.438. The third kappa shape index (κ3) is 3.29. The average Bonchev–Trinajstić information content (AvgIpc) is 2.56. The maximum atomic E-state index is 12.5. The molecular formula is C15H19N3O6. The van der Waals surface area contributed by atoms with Gasteiger partial charge in [-0.1, -0.05) is 19.3 Å². The van der Waals surface area contributed by atoms with Gasteiger partial charge in [0, 0.05) is 19.2 Å². The van der Waals surface area contributed by atoms with Crippen LogP contribution in [0, 0.1) is 10.1 Å². The molecule has 0 aliphatic heterocycles. The minimum absolute atomic E-state index is 0.310. The first-order valence-corrected chi connectivity index (χ1v) is 7.63. The van der Waals surface area contributed by atoms with Crippen molar-refractivity contribution in [2.24, 2.45) is 0 Å². The van der Waals surface area contributed by atoms with Crippen molar-refractivity contribution in [3.05, 3.63) is 38.8 Å². The number of carbonyl (C=O) groups is 2. The fraction of sp³-hybridized carbons (Fsp3) is 0.533. The number of hydrogen-bond acceptors (Lipinski definition) is 5. The third-order valence-electron chi connectivity index (χ3n) is 4.58. The van der Waals surface area contributed by atoms with E-state index < -0.39 is 34.4 Å². The SMILES string of the molecule is CN(C(=O)Cn1cc([N+](=O)[O-])ccc1=O)C1(C(=O)O)CCCCC1. The van der Waals surface area contributed by atoms with E-state index in [9.17, 15) is 29.6 Å². The van der Waals surface area contributed by atoms with E-state index in [1.54, 1.807) is 0 Å². The van der Waals surface area contributed by atoms with E-state index in [0.717, 1.165) is 29.3 Å². The molecule has 0 spiro atoms. The normalized spacial score (nSPS) is 16.4. The summed E-state index contributed by atoms with van der Waals surface area (Å²) in [6, 6.07) is 2.08. The molecule has 1 aromatic heterocycles. The van der Waals surface area contributed by atoms with Crippen LogP contribution < -0.4 is 5.56 Å². The van der Waals surface area contributed by atoms with Crippen molar-refractivity contribution in [1.82, 2.24) is 9.47 Å². The summed E-state index contributed by atoms with van der Waals surface area (Å²) >= 11 is 0. The zero-order valence-corrected chi connectivity index (χ0v) is 13.3. The van der Waals surface area contributed by atoms with Gasteiger partial charge in [-0.05, 0) is 12.8 Å². The molecule has 1 amide bonds. The Hall–Kier alpha value is -2.71. The maximum absolute atomic E-state index is 12.5. The summed E-state index contributed by atoms with van der Waals surface area (Å²) in [5.41, 5.74) is -2.15. The molecule has 2 rings (SSSR count). The summed E-state index contributed by atoms with van der Waals surface area (Å²) in [5, 5.41) is 20.4. The van der Waals surface area contributed by atoms with Gasteiger partial charge >= 0.3 is 5.97 Å². The summed E-state index contributed by atoms with van der Waals surface area (Å²) in [4.78, 5) is 47.3. The minimum Gasteiger partial charge on any atom is -0.479 e. The molecule has 0 radical (unpaired) electrons. The topological polar surface area (TPSA) is 123 Å². The second-order valence-corrected chi connectivity index (χ2v) is 5.96. The lowest BCUT2D eigenvalue weighted by molar-refractivity contribution is -0.385. The number of pyridine rings is 1. The maximum Gasteiger partial charge on any atom is 0.329 e. The number of aliphatic carboxylic acids is 1. The van der Waals surface area contributed by atoms with Gasteiger partial charge in [0.05, 0.1) is 11.1 Å². The van der Waals surface area contributed by atoms with E-state index in [1.807, 2.05) is 0 Å². The van der Waals surface area contributed by atoms with Crippen molar-refractivity contribution < 1.29 is 19.6 Å². The fourth-order valence-corrected chi connectivity index (χ4v) is 3.07. The van der Waals surface area contributed by atoms with Crippen LogP contribution in [-0.4, -0.2) is 44.0 Å². The Kier molecular flexibility index (Phi) is 5.01. The number of carbonyl (C=O) groups excluding carboxylic acids is 1. The number of carboxylic acids is 1. The lowest BCUT2D eigenvalue weighted by Gasteiger charge is -2.41. The van der Waals surface area contributed by atoms with Gasteiger partial charge < -0.3 is 10.0 Å². The molecule has 0 unspecified atom stereocenters. The van der Waals surface area contributed by atoms with Crippen molar-refractivity contribution in [1.29, 1.82) is 0 Å². The van der Waals surface area contributed by atoms with Gasteiger partial charge in [-0.25, -0.2) is 4.79 Å². The Balaban J connectivity index is 2.25. The summed E-state index contributed by atoms with van der Waals surface area (Å²) in [5.74, 6) is -1.63. The van der Waals surface area contributed by atoms with Crippen LogP contribution >= 0.6 is 0 Å². The molecule has 1 aliphatic rings. The van der Waals surface area contributed by atoms with Gasteiger partial charge in [-0.2, -0.15) is 0 Å². The molecule has 1 N–H and O–H groups in total. The van der Waals surface area contributed by atoms with Crippen LogP contribution in [0.5, 0.6) is 0 Å². The smallest absolute Gasteiger partial charge is 0.329 e. The highest BCUT2D eigenvalue weighted by Gasteiger charge is 2.45. The first-order chi connectivity index (χ1) is 11.3. The Morgan fingerprint density at radius 1 is 1.33 bits per heavy atom. The van der Waals surface area contributed by atoms with E-state index in [1.165, 1.54) is 11.9 Å². The summed E-state index contributed by atoms with van der Waals surface area (Å²) in [7, 11) is 1.41. The highest BCUT2D eigenvalue weighted by Crippen LogP contribution is 2.33. The van der Waals surface area contributed by atoms with Crippen LogP contribution in [0.15, 0.2) is 23.1 Å². The first kappa shape index (κ1) is 17.6. The molecule has 1 fully saturated rings. The standard InChI is InChI=1S/C15H19N3O6/c1-16(15(14(21)22)7-3-2-4-8-15)13(20)10-17-9-11(18(23)24)5-6-12(17)19/h5-6,9H,2-4,7-8,10H2,1H3,(H,21,22). The van der Waals surface area contributed by atoms with E-state index in [0.29, 0.717) is 25.7 Å². The Morgan fingerprint density at radius 2 is 1.96 bits per heavy atom. The molecule has 0 bridgehead atoms. The van der Waals surface area contributed by atoms with Gasteiger partial charge in [0.1, 0.15) is 12.1 Å². The number of nitro groups is 1. The number of amides is 1. The monoisotopic (exact) mass is 337 g/mol. The number of likely N-dealkylation sites (N-methyl/N-ethyl adjacent to an activating group) is 1. The number of hydrogen-bond donors (Lipinski definition) is 1. The molecule has 130 valence electrons. The van der Waals surface area contributed by atoms with Crippen molar-refractivity contribution in [3.63, 3.8) is 0 Å². The zero-order valence-electron chi connectivity index (χ0n) is 13.3. The van der Waals surface area contributed by atoms with Crippen molar-refractivity contribution in [2.45, 2.75) is 44.2 Å². The minimum atomic E-state index is -1.28. The molecule has 1 saturated carbocycles. The van der Waals surface area contributed by atoms with Crippen LogP contribution in [-0.2, 0) is 16.1 Å². The van der Waals surface area contributed by atoms with Crippen molar-refractivity contribution in [3.8, 4) is 0 Å². The Labute approximate surface area is 137 Å². The van der Waals surface area contributed by atoms with E-state index in [4.69, 9.17) is 0 Å². The lowest BCUT2D eigenvalue weighted by atomic mass is 9.80. The van der Waals surface area contributed by atoms with Crippen LogP contribution in [0.25, 0.3) is 0 Å². The molecule has 1 heterocycles. The fourth-order valence-electron chi connectivity index (χ4n) is 3.07. The Morgan fingerprint density at radius 3 is 2.50 bits per heavy atom. The van der Waals surface area contributed by atoms with Gasteiger partial charge in [0.15, 0.2) is 0 Å². The lowest BCUT2D eigenvalue weighted by Crippen LogP contribution is -2.57. The summed E-state index contributed by atoms with van der Waals surface area (Å²) in [6.07, 6.45) is 4.04. The van der Waals surface area contributed by atoms with E-state index in [2.05, 4.69) is 0 Å².